The van der Waals surface area contributed by atoms with Crippen LogP contribution in [0.1, 0.15) is 47.0 Å². The minimum absolute atomic E-state index is 0.648. The van der Waals surface area contributed by atoms with Gasteiger partial charge in [0.1, 0.15) is 5.54 Å². The van der Waals surface area contributed by atoms with Crippen LogP contribution >= 0.6 is 0 Å². The summed E-state index contributed by atoms with van der Waals surface area (Å²) in [6, 6.07) is 0.648. The van der Waals surface area contributed by atoms with E-state index in [9.17, 15) is 9.90 Å². The molecule has 4 nitrogen and oxygen atoms in total. The largest absolute Gasteiger partial charge is 0.480 e. The van der Waals surface area contributed by atoms with E-state index in [2.05, 4.69) is 24.1 Å². The Balaban J connectivity index is 2.37. The predicted molar refractivity (Wildman–Crippen MR) is 73.8 cm³/mol. The van der Waals surface area contributed by atoms with Crippen molar-refractivity contribution in [1.29, 1.82) is 0 Å². The molecule has 4 heteroatoms. The molecule has 0 aliphatic carbocycles. The highest BCUT2D eigenvalue weighted by molar-refractivity contribution is 5.78. The van der Waals surface area contributed by atoms with Gasteiger partial charge in [-0.05, 0) is 52.1 Å². The van der Waals surface area contributed by atoms with Crippen LogP contribution in [0.4, 0.5) is 0 Å². The van der Waals surface area contributed by atoms with Gasteiger partial charge >= 0.3 is 5.97 Å². The van der Waals surface area contributed by atoms with Gasteiger partial charge in [0.25, 0.3) is 0 Å². The third-order valence-electron chi connectivity index (χ3n) is 4.07. The summed E-state index contributed by atoms with van der Waals surface area (Å²) >= 11 is 0. The van der Waals surface area contributed by atoms with E-state index in [1.165, 1.54) is 6.42 Å². The van der Waals surface area contributed by atoms with Gasteiger partial charge < -0.3 is 15.3 Å². The lowest BCUT2D eigenvalue weighted by molar-refractivity contribution is -0.144. The van der Waals surface area contributed by atoms with E-state index in [-0.39, 0.29) is 0 Å². The van der Waals surface area contributed by atoms with Crippen LogP contribution in [0.15, 0.2) is 0 Å². The third-order valence-corrected chi connectivity index (χ3v) is 4.07. The molecule has 1 aliphatic rings. The molecule has 3 unspecified atom stereocenters. The summed E-state index contributed by atoms with van der Waals surface area (Å²) in [5.41, 5.74) is -0.774. The molecule has 1 fully saturated rings. The second kappa shape index (κ2) is 6.53. The van der Waals surface area contributed by atoms with Crippen LogP contribution in [0.25, 0.3) is 0 Å². The molecule has 1 saturated heterocycles. The molecule has 0 aromatic rings. The number of nitrogens with one attached hydrogen (secondary N) is 1. The van der Waals surface area contributed by atoms with Crippen LogP contribution in [-0.2, 0) is 4.79 Å². The van der Waals surface area contributed by atoms with Crippen molar-refractivity contribution in [2.45, 2.75) is 58.5 Å². The van der Waals surface area contributed by atoms with E-state index in [1.54, 1.807) is 6.92 Å². The average molecular weight is 256 g/mol. The number of nitrogens with zero attached hydrogens (tertiary/aromatic N) is 1. The van der Waals surface area contributed by atoms with Gasteiger partial charge in [-0.25, -0.2) is 0 Å². The maximum absolute atomic E-state index is 11.3. The fraction of sp³-hybridized carbons (Fsp3) is 0.929. The fourth-order valence-electron chi connectivity index (χ4n) is 2.99. The van der Waals surface area contributed by atoms with Crippen LogP contribution in [-0.4, -0.2) is 47.2 Å². The first-order valence-electron chi connectivity index (χ1n) is 7.11. The molecule has 1 heterocycles. The van der Waals surface area contributed by atoms with Crippen molar-refractivity contribution in [3.8, 4) is 0 Å². The third kappa shape index (κ3) is 3.95. The Bertz CT molecular complexity index is 283. The van der Waals surface area contributed by atoms with E-state index in [0.29, 0.717) is 19.0 Å². The summed E-state index contributed by atoms with van der Waals surface area (Å²) in [7, 11) is 0. The summed E-state index contributed by atoms with van der Waals surface area (Å²) in [4.78, 5) is 13.8. The Morgan fingerprint density at radius 2 is 2.17 bits per heavy atom. The molecule has 0 aromatic heterocycles. The first-order valence-corrected chi connectivity index (χ1v) is 7.11. The van der Waals surface area contributed by atoms with Gasteiger partial charge in [-0.1, -0.05) is 13.8 Å². The van der Waals surface area contributed by atoms with Crippen LogP contribution < -0.4 is 5.32 Å². The molecule has 18 heavy (non-hydrogen) atoms. The molecule has 2 N–H and O–H groups in total. The monoisotopic (exact) mass is 256 g/mol. The van der Waals surface area contributed by atoms with Gasteiger partial charge in [-0.2, -0.15) is 0 Å². The summed E-state index contributed by atoms with van der Waals surface area (Å²) in [6.07, 6.45) is 2.89. The molecule has 0 amide bonds. The number of hydrogen-bond acceptors (Lipinski definition) is 3. The van der Waals surface area contributed by atoms with Gasteiger partial charge in [-0.3, -0.25) is 4.79 Å². The number of likely N-dealkylation sites (tertiary alicyclic amines) is 1. The number of aliphatic carboxylic acids is 1. The van der Waals surface area contributed by atoms with Gasteiger partial charge in [0, 0.05) is 12.6 Å². The Hall–Kier alpha value is -0.610. The summed E-state index contributed by atoms with van der Waals surface area (Å²) in [5.74, 6) is 0.0341. The Kier molecular flexibility index (Phi) is 5.60. The zero-order chi connectivity index (χ0) is 13.8. The second-order valence-corrected chi connectivity index (χ2v) is 5.96. The minimum Gasteiger partial charge on any atom is -0.480 e. The lowest BCUT2D eigenvalue weighted by Crippen LogP contribution is -2.49. The zero-order valence-electron chi connectivity index (χ0n) is 12.2. The number of carboxylic acid groups (broad SMARTS) is 1. The molecule has 0 bridgehead atoms. The quantitative estimate of drug-likeness (QED) is 0.731. The van der Waals surface area contributed by atoms with Crippen LogP contribution in [0.3, 0.4) is 0 Å². The summed E-state index contributed by atoms with van der Waals surface area (Å²) in [6.45, 7) is 11.2. The zero-order valence-corrected chi connectivity index (χ0v) is 12.2. The predicted octanol–water partition coefficient (Wildman–Crippen LogP) is 1.95. The summed E-state index contributed by atoms with van der Waals surface area (Å²) in [5, 5.41) is 12.4. The Morgan fingerprint density at radius 3 is 2.61 bits per heavy atom. The van der Waals surface area contributed by atoms with Gasteiger partial charge in [0.2, 0.25) is 0 Å². The smallest absolute Gasteiger partial charge is 0.323 e. The molecular formula is C14H28N2O2. The van der Waals surface area contributed by atoms with Gasteiger partial charge in [0.05, 0.1) is 0 Å². The van der Waals surface area contributed by atoms with Crippen molar-refractivity contribution < 1.29 is 9.90 Å². The molecule has 1 rings (SSSR count). The van der Waals surface area contributed by atoms with Crippen molar-refractivity contribution in [3.05, 3.63) is 0 Å². The average Bonchev–Trinajstić information content (AvgIpc) is 2.57. The van der Waals surface area contributed by atoms with Crippen LogP contribution in [0.5, 0.6) is 0 Å². The van der Waals surface area contributed by atoms with E-state index >= 15 is 0 Å². The Labute approximate surface area is 111 Å². The number of hydrogen-bond donors (Lipinski definition) is 2. The first kappa shape index (κ1) is 15.4. The van der Waals surface area contributed by atoms with Gasteiger partial charge in [0.15, 0.2) is 0 Å². The second-order valence-electron chi connectivity index (χ2n) is 5.96. The van der Waals surface area contributed by atoms with E-state index < -0.39 is 11.5 Å². The SMILES string of the molecule is CCNC(C)(CCCN1CC(C)CC1C)C(=O)O. The number of carbonyl (C=O) groups is 1. The van der Waals surface area contributed by atoms with Crippen molar-refractivity contribution in [2.75, 3.05) is 19.6 Å². The molecule has 1 aliphatic heterocycles. The van der Waals surface area contributed by atoms with Crippen LogP contribution in [0, 0.1) is 5.92 Å². The highest BCUT2D eigenvalue weighted by Crippen LogP contribution is 2.23. The molecule has 0 saturated carbocycles. The van der Waals surface area contributed by atoms with Crippen molar-refractivity contribution >= 4 is 5.97 Å². The summed E-state index contributed by atoms with van der Waals surface area (Å²) < 4.78 is 0. The van der Waals surface area contributed by atoms with Gasteiger partial charge in [-0.15, -0.1) is 0 Å². The normalized spacial score (nSPS) is 28.2. The lowest BCUT2D eigenvalue weighted by atomic mass is 9.95. The topological polar surface area (TPSA) is 52.6 Å². The highest BCUT2D eigenvalue weighted by atomic mass is 16.4. The number of likely N-dealkylation sites (N-methyl/N-ethyl adjacent to an activating group) is 1. The molecule has 0 aromatic carbocycles. The Morgan fingerprint density at radius 1 is 1.50 bits per heavy atom. The van der Waals surface area contributed by atoms with E-state index in [1.807, 2.05) is 6.92 Å². The first-order chi connectivity index (χ1) is 8.39. The standard InChI is InChI=1S/C14H28N2O2/c1-5-15-14(4,13(17)18)7-6-8-16-10-11(2)9-12(16)3/h11-12,15H,5-10H2,1-4H3,(H,17,18). The maximum atomic E-state index is 11.3. The highest BCUT2D eigenvalue weighted by Gasteiger charge is 2.32. The van der Waals surface area contributed by atoms with E-state index in [4.69, 9.17) is 0 Å². The maximum Gasteiger partial charge on any atom is 0.323 e. The molecule has 0 spiro atoms. The van der Waals surface area contributed by atoms with Crippen molar-refractivity contribution in [3.63, 3.8) is 0 Å². The molecule has 3 atom stereocenters. The van der Waals surface area contributed by atoms with E-state index in [0.717, 1.165) is 25.4 Å². The minimum atomic E-state index is -0.774. The number of rotatable bonds is 7. The van der Waals surface area contributed by atoms with Crippen molar-refractivity contribution in [2.24, 2.45) is 5.92 Å². The van der Waals surface area contributed by atoms with Crippen LogP contribution in [0.2, 0.25) is 0 Å². The fourth-order valence-corrected chi connectivity index (χ4v) is 2.99. The molecular weight excluding hydrogens is 228 g/mol. The molecule has 106 valence electrons. The lowest BCUT2D eigenvalue weighted by Gasteiger charge is -2.28. The molecule has 0 radical (unpaired) electrons. The number of carboxylic acids is 1. The van der Waals surface area contributed by atoms with Crippen molar-refractivity contribution in [1.82, 2.24) is 10.2 Å².